The van der Waals surface area contributed by atoms with E-state index in [0.717, 1.165) is 0 Å². The minimum Gasteiger partial charge on any atom is -0.394 e. The number of benzene rings is 1. The van der Waals surface area contributed by atoms with Crippen LogP contribution in [-0.4, -0.2) is 31.6 Å². The molecule has 0 aliphatic heterocycles. The number of aliphatic hydroxyl groups is 1. The van der Waals surface area contributed by atoms with Crippen LogP contribution in [0.2, 0.25) is 0 Å². The van der Waals surface area contributed by atoms with Crippen molar-refractivity contribution in [3.63, 3.8) is 0 Å². The summed E-state index contributed by atoms with van der Waals surface area (Å²) in [5.41, 5.74) is 9.86. The van der Waals surface area contributed by atoms with Crippen LogP contribution in [0.4, 0.5) is 5.69 Å². The molecule has 0 spiro atoms. The lowest BCUT2D eigenvalue weighted by Crippen LogP contribution is -2.46. The monoisotopic (exact) mass is 286 g/mol. The number of hydrogen-bond donors (Lipinski definition) is 4. The molecule has 0 atom stereocenters. The van der Waals surface area contributed by atoms with Crippen LogP contribution in [0.5, 0.6) is 0 Å². The Labute approximate surface area is 112 Å². The van der Waals surface area contributed by atoms with Gasteiger partial charge in [-0.05, 0) is 32.0 Å². The summed E-state index contributed by atoms with van der Waals surface area (Å²) in [7, 11) is -3.75. The Balaban J connectivity index is 3.12. The predicted molar refractivity (Wildman–Crippen MR) is 73.4 cm³/mol. The van der Waals surface area contributed by atoms with E-state index in [1.54, 1.807) is 19.9 Å². The van der Waals surface area contributed by atoms with Gasteiger partial charge in [0.2, 0.25) is 10.0 Å². The van der Waals surface area contributed by atoms with Gasteiger partial charge in [-0.2, -0.15) is 0 Å². The summed E-state index contributed by atoms with van der Waals surface area (Å²) in [6.07, 6.45) is 0. The van der Waals surface area contributed by atoms with Gasteiger partial charge in [0, 0.05) is 0 Å². The molecule has 0 aromatic heterocycles. The fourth-order valence-electron chi connectivity index (χ4n) is 1.32. The fourth-order valence-corrected chi connectivity index (χ4v) is 2.77. The van der Waals surface area contributed by atoms with Gasteiger partial charge in [0.25, 0.3) is 0 Å². The Kier molecular flexibility index (Phi) is 4.51. The maximum absolute atomic E-state index is 12.1. The third-order valence-electron chi connectivity index (χ3n) is 2.19. The Morgan fingerprint density at radius 3 is 2.58 bits per heavy atom. The Morgan fingerprint density at radius 1 is 1.42 bits per heavy atom. The standard InChI is InChI=1S/C11H18N4O3S/c1-11(2,7-16)15-19(17,18)9-5-3-4-8(6-9)14-10(12)13/h3-6,15-16H,7H2,1-2H3,(H4,12,13,14). The van der Waals surface area contributed by atoms with E-state index in [2.05, 4.69) is 9.71 Å². The molecule has 0 fully saturated rings. The molecule has 1 rings (SSSR count). The van der Waals surface area contributed by atoms with E-state index in [9.17, 15) is 8.42 Å². The van der Waals surface area contributed by atoms with Crippen molar-refractivity contribution in [1.82, 2.24) is 4.72 Å². The summed E-state index contributed by atoms with van der Waals surface area (Å²) in [5, 5.41) is 9.10. The smallest absolute Gasteiger partial charge is 0.241 e. The van der Waals surface area contributed by atoms with Gasteiger partial charge < -0.3 is 16.6 Å². The molecule has 0 saturated carbocycles. The summed E-state index contributed by atoms with van der Waals surface area (Å²) in [6.45, 7) is 2.83. The van der Waals surface area contributed by atoms with Gasteiger partial charge in [0.15, 0.2) is 5.96 Å². The van der Waals surface area contributed by atoms with Crippen LogP contribution in [0, 0.1) is 0 Å². The Morgan fingerprint density at radius 2 is 2.05 bits per heavy atom. The molecule has 0 aliphatic carbocycles. The fraction of sp³-hybridized carbons (Fsp3) is 0.364. The average molecular weight is 286 g/mol. The maximum atomic E-state index is 12.1. The van der Waals surface area contributed by atoms with Gasteiger partial charge in [-0.3, -0.25) is 0 Å². The molecule has 0 heterocycles. The number of hydrogen-bond acceptors (Lipinski definition) is 4. The second kappa shape index (κ2) is 5.55. The first-order valence-corrected chi connectivity index (χ1v) is 6.99. The lowest BCUT2D eigenvalue weighted by molar-refractivity contribution is 0.208. The summed E-state index contributed by atoms with van der Waals surface area (Å²) in [4.78, 5) is 3.81. The number of nitrogens with two attached hydrogens (primary N) is 2. The average Bonchev–Trinajstić information content (AvgIpc) is 2.27. The molecule has 0 amide bonds. The van der Waals surface area contributed by atoms with E-state index in [0.29, 0.717) is 5.69 Å². The molecule has 1 aromatic rings. The van der Waals surface area contributed by atoms with Gasteiger partial charge >= 0.3 is 0 Å². The Bertz CT molecular complexity index is 577. The van der Waals surface area contributed by atoms with Gasteiger partial charge in [-0.25, -0.2) is 18.1 Å². The van der Waals surface area contributed by atoms with Crippen molar-refractivity contribution in [1.29, 1.82) is 0 Å². The molecule has 8 heteroatoms. The van der Waals surface area contributed by atoms with Crippen molar-refractivity contribution in [2.75, 3.05) is 6.61 Å². The van der Waals surface area contributed by atoms with Crippen LogP contribution in [0.15, 0.2) is 34.2 Å². The topological polar surface area (TPSA) is 131 Å². The number of sulfonamides is 1. The molecule has 0 bridgehead atoms. The van der Waals surface area contributed by atoms with E-state index in [4.69, 9.17) is 16.6 Å². The highest BCUT2D eigenvalue weighted by atomic mass is 32.2. The zero-order chi connectivity index (χ0) is 14.7. The van der Waals surface area contributed by atoms with Gasteiger partial charge in [0.1, 0.15) is 0 Å². The van der Waals surface area contributed by atoms with Gasteiger partial charge in [-0.15, -0.1) is 0 Å². The van der Waals surface area contributed by atoms with Crippen LogP contribution in [-0.2, 0) is 10.0 Å². The molecule has 0 unspecified atom stereocenters. The van der Waals surface area contributed by atoms with E-state index in [1.807, 2.05) is 0 Å². The van der Waals surface area contributed by atoms with Crippen LogP contribution in [0.25, 0.3) is 0 Å². The molecular weight excluding hydrogens is 268 g/mol. The molecule has 7 nitrogen and oxygen atoms in total. The van der Waals surface area contributed by atoms with Crippen molar-refractivity contribution in [3.05, 3.63) is 24.3 Å². The van der Waals surface area contributed by atoms with E-state index in [-0.39, 0.29) is 17.5 Å². The summed E-state index contributed by atoms with van der Waals surface area (Å²) in [5.74, 6) is -0.154. The van der Waals surface area contributed by atoms with Crippen molar-refractivity contribution >= 4 is 21.7 Å². The predicted octanol–water partition coefficient (Wildman–Crippen LogP) is -0.359. The normalized spacial score (nSPS) is 12.2. The van der Waals surface area contributed by atoms with Crippen molar-refractivity contribution in [2.24, 2.45) is 16.5 Å². The summed E-state index contributed by atoms with van der Waals surface area (Å²) in [6, 6.07) is 5.87. The molecule has 6 N–H and O–H groups in total. The quantitative estimate of drug-likeness (QED) is 0.433. The Hall–Kier alpha value is -1.64. The number of aliphatic hydroxyl groups excluding tert-OH is 1. The zero-order valence-corrected chi connectivity index (χ0v) is 11.6. The molecule has 0 saturated heterocycles. The first-order valence-electron chi connectivity index (χ1n) is 5.51. The van der Waals surface area contributed by atoms with Crippen LogP contribution in [0.3, 0.4) is 0 Å². The second-order valence-electron chi connectivity index (χ2n) is 4.68. The van der Waals surface area contributed by atoms with E-state index < -0.39 is 15.6 Å². The first kappa shape index (κ1) is 15.4. The lowest BCUT2D eigenvalue weighted by Gasteiger charge is -2.23. The van der Waals surface area contributed by atoms with Crippen molar-refractivity contribution in [3.8, 4) is 0 Å². The molecule has 0 radical (unpaired) electrons. The lowest BCUT2D eigenvalue weighted by atomic mass is 10.1. The van der Waals surface area contributed by atoms with Crippen LogP contribution >= 0.6 is 0 Å². The maximum Gasteiger partial charge on any atom is 0.241 e. The van der Waals surface area contributed by atoms with Crippen LogP contribution < -0.4 is 16.2 Å². The molecule has 19 heavy (non-hydrogen) atoms. The molecule has 0 aliphatic rings. The SMILES string of the molecule is CC(C)(CO)NS(=O)(=O)c1cccc(N=C(N)N)c1. The number of nitrogens with one attached hydrogen (secondary N) is 1. The second-order valence-corrected chi connectivity index (χ2v) is 6.36. The van der Waals surface area contributed by atoms with Crippen molar-refractivity contribution in [2.45, 2.75) is 24.3 Å². The highest BCUT2D eigenvalue weighted by Gasteiger charge is 2.25. The highest BCUT2D eigenvalue weighted by Crippen LogP contribution is 2.19. The van der Waals surface area contributed by atoms with Crippen LogP contribution in [0.1, 0.15) is 13.8 Å². The third kappa shape index (κ3) is 4.51. The number of aliphatic imine (C=N–C) groups is 1. The summed E-state index contributed by atoms with van der Waals surface area (Å²) >= 11 is 0. The number of nitrogens with zero attached hydrogens (tertiary/aromatic N) is 1. The summed E-state index contributed by atoms with van der Waals surface area (Å²) < 4.78 is 26.6. The largest absolute Gasteiger partial charge is 0.394 e. The number of guanidine groups is 1. The highest BCUT2D eigenvalue weighted by molar-refractivity contribution is 7.89. The minimum absolute atomic E-state index is 0.0246. The minimum atomic E-state index is -3.75. The zero-order valence-electron chi connectivity index (χ0n) is 10.8. The van der Waals surface area contributed by atoms with Crippen molar-refractivity contribution < 1.29 is 13.5 Å². The van der Waals surface area contributed by atoms with Gasteiger partial charge in [-0.1, -0.05) is 6.07 Å². The van der Waals surface area contributed by atoms with E-state index >= 15 is 0 Å². The van der Waals surface area contributed by atoms with Gasteiger partial charge in [0.05, 0.1) is 22.7 Å². The third-order valence-corrected chi connectivity index (χ3v) is 3.89. The number of rotatable bonds is 5. The molecule has 1 aromatic carbocycles. The first-order chi connectivity index (χ1) is 8.66. The van der Waals surface area contributed by atoms with E-state index in [1.165, 1.54) is 18.2 Å². The molecular formula is C11H18N4O3S. The molecule has 106 valence electrons.